The quantitative estimate of drug-likeness (QED) is 0.856. The number of hydrogen-bond acceptors (Lipinski definition) is 4. The monoisotopic (exact) mass is 319 g/mol. The van der Waals surface area contributed by atoms with Crippen LogP contribution in [0.2, 0.25) is 5.02 Å². The van der Waals surface area contributed by atoms with Crippen molar-refractivity contribution in [2.45, 2.75) is 30.9 Å². The van der Waals surface area contributed by atoms with Crippen molar-refractivity contribution in [2.24, 2.45) is 0 Å². The first-order valence-corrected chi connectivity index (χ1v) is 8.16. The molecule has 0 amide bonds. The Labute approximate surface area is 124 Å². The lowest BCUT2D eigenvalue weighted by Crippen LogP contribution is -2.51. The molecule has 7 heteroatoms. The predicted molar refractivity (Wildman–Crippen MR) is 76.8 cm³/mol. The maximum Gasteiger partial charge on any atom is 0.247 e. The summed E-state index contributed by atoms with van der Waals surface area (Å²) in [4.78, 5) is 0.0912. The summed E-state index contributed by atoms with van der Waals surface area (Å²) in [5.41, 5.74) is 0. The van der Waals surface area contributed by atoms with Crippen LogP contribution in [0.1, 0.15) is 13.8 Å². The summed E-state index contributed by atoms with van der Waals surface area (Å²) >= 11 is 5.92. The first-order chi connectivity index (χ1) is 9.37. The molecular weight excluding hydrogens is 302 g/mol. The van der Waals surface area contributed by atoms with Gasteiger partial charge in [0, 0.05) is 17.6 Å². The molecule has 1 heterocycles. The summed E-state index contributed by atoms with van der Waals surface area (Å²) in [6, 6.07) is 4.34. The van der Waals surface area contributed by atoms with Gasteiger partial charge in [0.25, 0.3) is 0 Å². The smallest absolute Gasteiger partial charge is 0.247 e. The van der Waals surface area contributed by atoms with Gasteiger partial charge in [0.1, 0.15) is 10.6 Å². The number of ether oxygens (including phenoxy) is 2. The summed E-state index contributed by atoms with van der Waals surface area (Å²) in [7, 11) is -2.23. The largest absolute Gasteiger partial charge is 0.495 e. The van der Waals surface area contributed by atoms with E-state index in [9.17, 15) is 8.42 Å². The van der Waals surface area contributed by atoms with E-state index >= 15 is 0 Å². The number of hydrogen-bond donors (Lipinski definition) is 0. The van der Waals surface area contributed by atoms with Crippen LogP contribution in [-0.2, 0) is 14.8 Å². The number of rotatable bonds is 3. The van der Waals surface area contributed by atoms with Crippen molar-refractivity contribution >= 4 is 21.6 Å². The Morgan fingerprint density at radius 2 is 2.10 bits per heavy atom. The molecule has 5 nitrogen and oxygen atoms in total. The molecule has 0 spiro atoms. The maximum absolute atomic E-state index is 12.8. The van der Waals surface area contributed by atoms with E-state index in [-0.39, 0.29) is 17.0 Å². The minimum atomic E-state index is -3.67. The van der Waals surface area contributed by atoms with Gasteiger partial charge in [0.2, 0.25) is 10.0 Å². The molecule has 2 rings (SSSR count). The lowest BCUT2D eigenvalue weighted by atomic mass is 10.2. The molecule has 112 valence electrons. The number of methoxy groups -OCH3 is 1. The minimum Gasteiger partial charge on any atom is -0.495 e. The van der Waals surface area contributed by atoms with Crippen molar-refractivity contribution in [3.8, 4) is 5.75 Å². The topological polar surface area (TPSA) is 55.8 Å². The highest BCUT2D eigenvalue weighted by molar-refractivity contribution is 7.89. The fourth-order valence-electron chi connectivity index (χ4n) is 2.22. The fraction of sp³-hybridized carbons (Fsp3) is 0.538. The van der Waals surface area contributed by atoms with E-state index in [0.29, 0.717) is 23.9 Å². The lowest BCUT2D eigenvalue weighted by Gasteiger charge is -2.36. The van der Waals surface area contributed by atoms with Gasteiger partial charge in [0.15, 0.2) is 0 Å². The van der Waals surface area contributed by atoms with E-state index in [0.717, 1.165) is 0 Å². The van der Waals surface area contributed by atoms with Gasteiger partial charge in [-0.15, -0.1) is 0 Å². The molecule has 0 aromatic heterocycles. The van der Waals surface area contributed by atoms with Gasteiger partial charge < -0.3 is 9.47 Å². The van der Waals surface area contributed by atoms with E-state index in [4.69, 9.17) is 21.1 Å². The Bertz CT molecular complexity index is 590. The summed E-state index contributed by atoms with van der Waals surface area (Å²) < 4.78 is 37.7. The highest BCUT2D eigenvalue weighted by Crippen LogP contribution is 2.31. The standard InChI is InChI=1S/C13H18ClNO4S/c1-9-10(2)19-7-6-15(9)20(16,17)13-8-11(14)4-5-12(13)18-3/h4-5,8-10H,6-7H2,1-3H3. The van der Waals surface area contributed by atoms with Crippen LogP contribution in [0.5, 0.6) is 5.75 Å². The predicted octanol–water partition coefficient (Wildman–Crippen LogP) is 2.15. The summed E-state index contributed by atoms with van der Waals surface area (Å²) in [5, 5.41) is 0.360. The molecule has 20 heavy (non-hydrogen) atoms. The normalized spacial score (nSPS) is 24.6. The van der Waals surface area contributed by atoms with E-state index in [1.165, 1.54) is 17.5 Å². The molecule has 1 aromatic carbocycles. The third kappa shape index (κ3) is 2.79. The van der Waals surface area contributed by atoms with Crippen LogP contribution in [0.15, 0.2) is 23.1 Å². The maximum atomic E-state index is 12.8. The molecule has 1 fully saturated rings. The second-order valence-corrected chi connectivity index (χ2v) is 7.02. The Hall–Kier alpha value is -0.820. The zero-order valence-electron chi connectivity index (χ0n) is 11.7. The highest BCUT2D eigenvalue weighted by atomic mass is 35.5. The van der Waals surface area contributed by atoms with Gasteiger partial charge in [-0.3, -0.25) is 0 Å². The molecule has 0 aliphatic carbocycles. The Morgan fingerprint density at radius 3 is 2.75 bits per heavy atom. The van der Waals surface area contributed by atoms with Crippen molar-refractivity contribution in [3.63, 3.8) is 0 Å². The molecule has 0 saturated carbocycles. The molecule has 1 aliphatic rings. The van der Waals surface area contributed by atoms with Gasteiger partial charge in [-0.1, -0.05) is 11.6 Å². The molecule has 1 aliphatic heterocycles. The number of morpholine rings is 1. The van der Waals surface area contributed by atoms with Gasteiger partial charge in [-0.25, -0.2) is 8.42 Å². The van der Waals surface area contributed by atoms with E-state index in [1.54, 1.807) is 12.1 Å². The first-order valence-electron chi connectivity index (χ1n) is 6.35. The second kappa shape index (κ2) is 5.89. The molecule has 0 N–H and O–H groups in total. The van der Waals surface area contributed by atoms with E-state index in [2.05, 4.69) is 0 Å². The van der Waals surface area contributed by atoms with Crippen molar-refractivity contribution in [1.82, 2.24) is 4.31 Å². The van der Waals surface area contributed by atoms with Crippen molar-refractivity contribution in [3.05, 3.63) is 23.2 Å². The Balaban J connectivity index is 2.47. The molecule has 2 atom stereocenters. The lowest BCUT2D eigenvalue weighted by molar-refractivity contribution is -0.0232. The summed E-state index contributed by atoms with van der Waals surface area (Å²) in [6.07, 6.45) is -0.149. The zero-order chi connectivity index (χ0) is 14.9. The van der Waals surface area contributed by atoms with Crippen LogP contribution in [-0.4, -0.2) is 45.1 Å². The van der Waals surface area contributed by atoms with Gasteiger partial charge in [0.05, 0.1) is 19.8 Å². The molecule has 0 radical (unpaired) electrons. The molecular formula is C13H18ClNO4S. The minimum absolute atomic E-state index is 0.0912. The highest BCUT2D eigenvalue weighted by Gasteiger charge is 2.36. The number of nitrogens with zero attached hydrogens (tertiary/aromatic N) is 1. The third-order valence-electron chi connectivity index (χ3n) is 3.54. The Kier molecular flexibility index (Phi) is 4.59. The van der Waals surface area contributed by atoms with Crippen LogP contribution in [0.3, 0.4) is 0 Å². The van der Waals surface area contributed by atoms with Crippen LogP contribution < -0.4 is 4.74 Å². The Morgan fingerprint density at radius 1 is 1.40 bits per heavy atom. The average Bonchev–Trinajstić information content (AvgIpc) is 2.41. The van der Waals surface area contributed by atoms with Gasteiger partial charge in [-0.05, 0) is 32.0 Å². The van der Waals surface area contributed by atoms with E-state index < -0.39 is 10.0 Å². The zero-order valence-corrected chi connectivity index (χ0v) is 13.2. The first kappa shape index (κ1) is 15.6. The van der Waals surface area contributed by atoms with Crippen molar-refractivity contribution < 1.29 is 17.9 Å². The van der Waals surface area contributed by atoms with Crippen LogP contribution in [0.25, 0.3) is 0 Å². The van der Waals surface area contributed by atoms with Crippen molar-refractivity contribution in [1.29, 1.82) is 0 Å². The molecule has 0 bridgehead atoms. The van der Waals surface area contributed by atoms with Crippen molar-refractivity contribution in [2.75, 3.05) is 20.3 Å². The van der Waals surface area contributed by atoms with Crippen LogP contribution in [0.4, 0.5) is 0 Å². The number of benzene rings is 1. The number of sulfonamides is 1. The third-order valence-corrected chi connectivity index (χ3v) is 5.78. The van der Waals surface area contributed by atoms with E-state index in [1.807, 2.05) is 13.8 Å². The number of halogens is 1. The summed E-state index contributed by atoms with van der Waals surface area (Å²) in [6.45, 7) is 4.40. The van der Waals surface area contributed by atoms with Gasteiger partial charge in [-0.2, -0.15) is 4.31 Å². The van der Waals surface area contributed by atoms with Gasteiger partial charge >= 0.3 is 0 Å². The van der Waals surface area contributed by atoms with Crippen LogP contribution >= 0.6 is 11.6 Å². The molecule has 2 unspecified atom stereocenters. The second-order valence-electron chi connectivity index (χ2n) is 4.73. The molecule has 1 aromatic rings. The average molecular weight is 320 g/mol. The summed E-state index contributed by atoms with van der Waals surface area (Å²) in [5.74, 6) is 0.292. The van der Waals surface area contributed by atoms with Crippen LogP contribution in [0, 0.1) is 0 Å². The fourth-order valence-corrected chi connectivity index (χ4v) is 4.32. The molecule has 1 saturated heterocycles. The SMILES string of the molecule is COc1ccc(Cl)cc1S(=O)(=O)N1CCOC(C)C1C.